The molecule has 6 heteroatoms. The average molecular weight is 386 g/mol. The molecule has 144 valence electrons. The maximum absolute atomic E-state index is 12.6. The van der Waals surface area contributed by atoms with Gasteiger partial charge in [-0.3, -0.25) is 14.4 Å². The minimum atomic E-state index is -0.339. The SMILES string of the molecule is COc1cccc(NC(=O)Cc2ccc(N3C(=O)c4ccccc4C3=O)cc2)c1. The van der Waals surface area contributed by atoms with Crippen LogP contribution in [0.3, 0.4) is 0 Å². The number of imide groups is 1. The number of amides is 3. The van der Waals surface area contributed by atoms with Gasteiger partial charge in [0.25, 0.3) is 11.8 Å². The van der Waals surface area contributed by atoms with Gasteiger partial charge < -0.3 is 10.1 Å². The summed E-state index contributed by atoms with van der Waals surface area (Å²) >= 11 is 0. The van der Waals surface area contributed by atoms with E-state index in [-0.39, 0.29) is 24.1 Å². The van der Waals surface area contributed by atoms with Crippen molar-refractivity contribution in [2.45, 2.75) is 6.42 Å². The molecule has 0 atom stereocenters. The first kappa shape index (κ1) is 18.4. The first-order valence-electron chi connectivity index (χ1n) is 9.07. The Morgan fingerprint density at radius 3 is 2.17 bits per heavy atom. The maximum Gasteiger partial charge on any atom is 0.266 e. The Labute approximate surface area is 167 Å². The fourth-order valence-electron chi connectivity index (χ4n) is 3.28. The molecule has 1 aliphatic rings. The summed E-state index contributed by atoms with van der Waals surface area (Å²) < 4.78 is 5.15. The summed E-state index contributed by atoms with van der Waals surface area (Å²) in [6, 6.07) is 20.7. The number of carbonyl (C=O) groups is 3. The van der Waals surface area contributed by atoms with Crippen LogP contribution in [0.15, 0.2) is 72.8 Å². The molecule has 3 aromatic rings. The number of nitrogens with one attached hydrogen (secondary N) is 1. The van der Waals surface area contributed by atoms with Crippen LogP contribution in [-0.2, 0) is 11.2 Å². The van der Waals surface area contributed by atoms with E-state index in [1.807, 2.05) is 0 Å². The van der Waals surface area contributed by atoms with E-state index >= 15 is 0 Å². The molecule has 1 heterocycles. The van der Waals surface area contributed by atoms with Crippen LogP contribution >= 0.6 is 0 Å². The highest BCUT2D eigenvalue weighted by molar-refractivity contribution is 6.34. The Bertz CT molecular complexity index is 1070. The van der Waals surface area contributed by atoms with Gasteiger partial charge in [-0.25, -0.2) is 4.90 Å². The molecule has 6 nitrogen and oxygen atoms in total. The molecule has 4 rings (SSSR count). The molecule has 0 spiro atoms. The van der Waals surface area contributed by atoms with Gasteiger partial charge in [0.05, 0.1) is 30.3 Å². The highest BCUT2D eigenvalue weighted by atomic mass is 16.5. The van der Waals surface area contributed by atoms with Crippen LogP contribution in [-0.4, -0.2) is 24.8 Å². The topological polar surface area (TPSA) is 75.7 Å². The van der Waals surface area contributed by atoms with Crippen molar-refractivity contribution in [3.05, 3.63) is 89.5 Å². The molecule has 0 saturated heterocycles. The second-order valence-corrected chi connectivity index (χ2v) is 6.61. The zero-order valence-corrected chi connectivity index (χ0v) is 15.7. The van der Waals surface area contributed by atoms with E-state index in [0.717, 1.165) is 10.5 Å². The smallest absolute Gasteiger partial charge is 0.266 e. The predicted octanol–water partition coefficient (Wildman–Crippen LogP) is 3.68. The van der Waals surface area contributed by atoms with Crippen LogP contribution in [0.1, 0.15) is 26.3 Å². The van der Waals surface area contributed by atoms with E-state index in [1.54, 1.807) is 79.9 Å². The number of fused-ring (bicyclic) bond motifs is 1. The normalized spacial score (nSPS) is 12.7. The van der Waals surface area contributed by atoms with Crippen molar-refractivity contribution < 1.29 is 19.1 Å². The Hall–Kier alpha value is -3.93. The summed E-state index contributed by atoms with van der Waals surface area (Å²) in [7, 11) is 1.57. The fourth-order valence-corrected chi connectivity index (χ4v) is 3.28. The van der Waals surface area contributed by atoms with Crippen molar-refractivity contribution in [1.29, 1.82) is 0 Å². The molecule has 3 amide bonds. The molecule has 0 radical (unpaired) electrons. The third-order valence-corrected chi connectivity index (χ3v) is 4.71. The minimum Gasteiger partial charge on any atom is -0.497 e. The monoisotopic (exact) mass is 386 g/mol. The number of methoxy groups -OCH3 is 1. The average Bonchev–Trinajstić information content (AvgIpc) is 2.99. The Kier molecular flexibility index (Phi) is 4.83. The van der Waals surface area contributed by atoms with Crippen LogP contribution in [0.25, 0.3) is 0 Å². The van der Waals surface area contributed by atoms with Gasteiger partial charge in [-0.1, -0.05) is 30.3 Å². The molecule has 1 aliphatic heterocycles. The molecular formula is C23H18N2O4. The second-order valence-electron chi connectivity index (χ2n) is 6.61. The van der Waals surface area contributed by atoms with Crippen molar-refractivity contribution in [2.75, 3.05) is 17.3 Å². The van der Waals surface area contributed by atoms with Crippen molar-refractivity contribution in [3.63, 3.8) is 0 Å². The third kappa shape index (κ3) is 3.60. The number of carbonyl (C=O) groups excluding carboxylic acids is 3. The molecule has 0 unspecified atom stereocenters. The van der Waals surface area contributed by atoms with E-state index in [4.69, 9.17) is 4.74 Å². The summed E-state index contributed by atoms with van der Waals surface area (Å²) in [4.78, 5) is 38.6. The van der Waals surface area contributed by atoms with E-state index in [9.17, 15) is 14.4 Å². The van der Waals surface area contributed by atoms with Gasteiger partial charge in [0.1, 0.15) is 5.75 Å². The van der Waals surface area contributed by atoms with Gasteiger partial charge in [0.15, 0.2) is 0 Å². The van der Waals surface area contributed by atoms with Crippen LogP contribution < -0.4 is 15.0 Å². The molecule has 1 N–H and O–H groups in total. The molecule has 0 aromatic heterocycles. The lowest BCUT2D eigenvalue weighted by Gasteiger charge is -2.14. The van der Waals surface area contributed by atoms with Crippen molar-refractivity contribution >= 4 is 29.1 Å². The zero-order chi connectivity index (χ0) is 20.4. The van der Waals surface area contributed by atoms with Crippen LogP contribution in [0.2, 0.25) is 0 Å². The Balaban J connectivity index is 1.45. The van der Waals surface area contributed by atoms with E-state index in [0.29, 0.717) is 28.3 Å². The summed E-state index contributed by atoms with van der Waals surface area (Å²) in [6.07, 6.45) is 0.166. The first-order chi connectivity index (χ1) is 14.1. The second kappa shape index (κ2) is 7.59. The number of hydrogen-bond acceptors (Lipinski definition) is 4. The zero-order valence-electron chi connectivity index (χ0n) is 15.7. The van der Waals surface area contributed by atoms with Crippen molar-refractivity contribution in [1.82, 2.24) is 0 Å². The van der Waals surface area contributed by atoms with Gasteiger partial charge in [-0.15, -0.1) is 0 Å². The largest absolute Gasteiger partial charge is 0.497 e. The Morgan fingerprint density at radius 2 is 1.55 bits per heavy atom. The first-order valence-corrected chi connectivity index (χ1v) is 9.07. The Morgan fingerprint density at radius 1 is 0.897 bits per heavy atom. The van der Waals surface area contributed by atoms with E-state index in [1.165, 1.54) is 0 Å². The molecule has 3 aromatic carbocycles. The predicted molar refractivity (Wildman–Crippen MR) is 109 cm³/mol. The van der Waals surface area contributed by atoms with Gasteiger partial charge in [0, 0.05) is 11.8 Å². The number of benzene rings is 3. The number of anilines is 2. The number of hydrogen-bond donors (Lipinski definition) is 1. The highest BCUT2D eigenvalue weighted by Gasteiger charge is 2.36. The highest BCUT2D eigenvalue weighted by Crippen LogP contribution is 2.28. The number of nitrogens with zero attached hydrogens (tertiary/aromatic N) is 1. The molecule has 0 saturated carbocycles. The quantitative estimate of drug-likeness (QED) is 0.679. The van der Waals surface area contributed by atoms with Crippen molar-refractivity contribution in [2.24, 2.45) is 0 Å². The summed E-state index contributed by atoms with van der Waals surface area (Å²) in [5.41, 5.74) is 2.70. The lowest BCUT2D eigenvalue weighted by atomic mass is 10.1. The van der Waals surface area contributed by atoms with Gasteiger partial charge >= 0.3 is 0 Å². The number of ether oxygens (including phenoxy) is 1. The van der Waals surface area contributed by atoms with E-state index < -0.39 is 0 Å². The fraction of sp³-hybridized carbons (Fsp3) is 0.0870. The molecule has 29 heavy (non-hydrogen) atoms. The number of rotatable bonds is 5. The standard InChI is InChI=1S/C23H18N2O4/c1-29-18-6-4-5-16(14-18)24-21(26)13-15-9-11-17(12-10-15)25-22(27)19-7-2-3-8-20(19)23(25)28/h2-12,14H,13H2,1H3,(H,24,26). The van der Waals surface area contributed by atoms with Gasteiger partial charge in [-0.2, -0.15) is 0 Å². The molecule has 0 aliphatic carbocycles. The molecule has 0 fully saturated rings. The van der Waals surface area contributed by atoms with Crippen LogP contribution in [0.5, 0.6) is 5.75 Å². The lowest BCUT2D eigenvalue weighted by Crippen LogP contribution is -2.29. The van der Waals surface area contributed by atoms with Gasteiger partial charge in [-0.05, 0) is 42.0 Å². The minimum absolute atomic E-state index is 0.166. The van der Waals surface area contributed by atoms with Crippen molar-refractivity contribution in [3.8, 4) is 5.75 Å². The summed E-state index contributed by atoms with van der Waals surface area (Å²) in [5.74, 6) is -0.192. The molecule has 0 bridgehead atoms. The summed E-state index contributed by atoms with van der Waals surface area (Å²) in [6.45, 7) is 0. The van der Waals surface area contributed by atoms with Crippen LogP contribution in [0.4, 0.5) is 11.4 Å². The maximum atomic E-state index is 12.6. The lowest BCUT2D eigenvalue weighted by molar-refractivity contribution is -0.115. The third-order valence-electron chi connectivity index (χ3n) is 4.71. The van der Waals surface area contributed by atoms with E-state index in [2.05, 4.69) is 5.32 Å². The van der Waals surface area contributed by atoms with Gasteiger partial charge in [0.2, 0.25) is 5.91 Å². The summed E-state index contributed by atoms with van der Waals surface area (Å²) in [5, 5.41) is 2.82. The van der Waals surface area contributed by atoms with Crippen LogP contribution in [0, 0.1) is 0 Å². The molecular weight excluding hydrogens is 368 g/mol.